The molecule has 224 valence electrons. The number of carboxylic acids is 1. The third-order valence-corrected chi connectivity index (χ3v) is 8.51. The summed E-state index contributed by atoms with van der Waals surface area (Å²) in [4.78, 5) is 19.1. The smallest absolute Gasteiger partial charge is 0.326 e. The minimum Gasteiger partial charge on any atom is -0.480 e. The summed E-state index contributed by atoms with van der Waals surface area (Å²) in [5, 5.41) is 16.9. The molecule has 4 rings (SSSR count). The number of methoxy groups -OCH3 is 1. The van der Waals surface area contributed by atoms with Gasteiger partial charge >= 0.3 is 5.97 Å². The monoisotopic (exact) mass is 560 g/mol. The first kappa shape index (κ1) is 30.7. The average Bonchev–Trinajstić information content (AvgIpc) is 2.92. The van der Waals surface area contributed by atoms with Crippen LogP contribution in [0, 0.1) is 5.92 Å². The van der Waals surface area contributed by atoms with Crippen LogP contribution in [0.5, 0.6) is 0 Å². The highest BCUT2D eigenvalue weighted by molar-refractivity contribution is 5.73. The predicted octanol–water partition coefficient (Wildman–Crippen LogP) is 4.74. The number of hydrogen-bond acceptors (Lipinski definition) is 7. The van der Waals surface area contributed by atoms with Crippen molar-refractivity contribution < 1.29 is 23.8 Å². The molecule has 0 bridgehead atoms. The van der Waals surface area contributed by atoms with E-state index < -0.39 is 18.2 Å². The van der Waals surface area contributed by atoms with Gasteiger partial charge in [0.15, 0.2) is 0 Å². The van der Waals surface area contributed by atoms with Crippen LogP contribution in [0.25, 0.3) is 0 Å². The SMILES string of the molecule is COCC(F)CN(CCCCc1ccc2c(n1)NCCC2)CCC(NC(CC1CCOCC1)=C1CCC1)C(=O)O. The summed E-state index contributed by atoms with van der Waals surface area (Å²) in [6, 6.07) is 3.62. The van der Waals surface area contributed by atoms with E-state index in [0.717, 1.165) is 108 Å². The van der Waals surface area contributed by atoms with Crippen molar-refractivity contribution in [1.29, 1.82) is 0 Å². The molecule has 0 radical (unpaired) electrons. The lowest BCUT2D eigenvalue weighted by Crippen LogP contribution is -2.42. The van der Waals surface area contributed by atoms with Gasteiger partial charge in [-0.25, -0.2) is 14.2 Å². The quantitative estimate of drug-likeness (QED) is 0.235. The molecule has 2 fully saturated rings. The van der Waals surface area contributed by atoms with Crippen molar-refractivity contribution in [3.63, 3.8) is 0 Å². The number of fused-ring (bicyclic) bond motifs is 1. The third kappa shape index (κ3) is 9.70. The number of aromatic nitrogens is 1. The fourth-order valence-electron chi connectivity index (χ4n) is 5.94. The summed E-state index contributed by atoms with van der Waals surface area (Å²) in [6.07, 6.45) is 10.5. The maximum absolute atomic E-state index is 14.6. The number of nitrogens with one attached hydrogen (secondary N) is 2. The predicted molar refractivity (Wildman–Crippen MR) is 155 cm³/mol. The Morgan fingerprint density at radius 2 is 2.05 bits per heavy atom. The van der Waals surface area contributed by atoms with Crippen LogP contribution in [0.3, 0.4) is 0 Å². The molecular formula is C31H49FN4O4. The summed E-state index contributed by atoms with van der Waals surface area (Å²) < 4.78 is 25.1. The van der Waals surface area contributed by atoms with Crippen molar-refractivity contribution in [3.05, 3.63) is 34.7 Å². The molecule has 0 aromatic carbocycles. The fourth-order valence-corrected chi connectivity index (χ4v) is 5.94. The van der Waals surface area contributed by atoms with E-state index in [9.17, 15) is 14.3 Å². The van der Waals surface area contributed by atoms with Gasteiger partial charge in [0.25, 0.3) is 0 Å². The van der Waals surface area contributed by atoms with Crippen molar-refractivity contribution in [2.45, 2.75) is 89.3 Å². The number of unbranched alkanes of at least 4 members (excludes halogenated alkanes) is 1. The van der Waals surface area contributed by atoms with E-state index >= 15 is 0 Å². The van der Waals surface area contributed by atoms with Gasteiger partial charge in [-0.1, -0.05) is 11.6 Å². The van der Waals surface area contributed by atoms with Crippen LogP contribution in [-0.2, 0) is 27.1 Å². The number of alkyl halides is 1. The fraction of sp³-hybridized carbons (Fsp3) is 0.742. The molecule has 2 unspecified atom stereocenters. The molecule has 1 aromatic rings. The first-order valence-corrected chi connectivity index (χ1v) is 15.4. The third-order valence-electron chi connectivity index (χ3n) is 8.51. The number of rotatable bonds is 17. The molecule has 3 N–H and O–H groups in total. The lowest BCUT2D eigenvalue weighted by Gasteiger charge is -2.31. The summed E-state index contributed by atoms with van der Waals surface area (Å²) in [6.45, 7) is 4.09. The molecule has 3 heterocycles. The summed E-state index contributed by atoms with van der Waals surface area (Å²) in [5.74, 6) is 0.715. The van der Waals surface area contributed by atoms with Gasteiger partial charge in [0.2, 0.25) is 0 Å². The van der Waals surface area contributed by atoms with E-state index in [1.54, 1.807) is 0 Å². The Bertz CT molecular complexity index is 963. The first-order chi connectivity index (χ1) is 19.5. The zero-order valence-electron chi connectivity index (χ0n) is 24.3. The molecule has 8 nitrogen and oxygen atoms in total. The number of halogens is 1. The Morgan fingerprint density at radius 1 is 1.23 bits per heavy atom. The number of pyridine rings is 1. The van der Waals surface area contributed by atoms with Gasteiger partial charge in [-0.05, 0) is 101 Å². The zero-order chi connectivity index (χ0) is 28.2. The van der Waals surface area contributed by atoms with Gasteiger partial charge in [0.05, 0.1) is 6.61 Å². The van der Waals surface area contributed by atoms with Crippen LogP contribution >= 0.6 is 0 Å². The van der Waals surface area contributed by atoms with Crippen molar-refractivity contribution in [2.75, 3.05) is 58.4 Å². The van der Waals surface area contributed by atoms with Crippen molar-refractivity contribution in [2.24, 2.45) is 5.92 Å². The van der Waals surface area contributed by atoms with Crippen molar-refractivity contribution in [1.82, 2.24) is 15.2 Å². The van der Waals surface area contributed by atoms with Gasteiger partial charge in [-0.3, -0.25) is 0 Å². The van der Waals surface area contributed by atoms with Gasteiger partial charge in [-0.2, -0.15) is 0 Å². The van der Waals surface area contributed by atoms with Crippen LogP contribution in [-0.4, -0.2) is 86.3 Å². The van der Waals surface area contributed by atoms with E-state index in [1.165, 1.54) is 24.7 Å². The molecule has 2 aliphatic heterocycles. The molecule has 9 heteroatoms. The number of carboxylic acid groups (broad SMARTS) is 1. The van der Waals surface area contributed by atoms with Crippen LogP contribution in [0.4, 0.5) is 10.2 Å². The van der Waals surface area contributed by atoms with Crippen LogP contribution in [0.2, 0.25) is 0 Å². The largest absolute Gasteiger partial charge is 0.480 e. The van der Waals surface area contributed by atoms with Gasteiger partial charge in [0.1, 0.15) is 18.0 Å². The first-order valence-electron chi connectivity index (χ1n) is 15.4. The highest BCUT2D eigenvalue weighted by Gasteiger charge is 2.26. The van der Waals surface area contributed by atoms with Crippen molar-refractivity contribution >= 4 is 11.8 Å². The number of allylic oxidation sites excluding steroid dienone is 2. The normalized spacial score (nSPS) is 18.9. The maximum Gasteiger partial charge on any atom is 0.326 e. The highest BCUT2D eigenvalue weighted by atomic mass is 19.1. The number of anilines is 1. The molecule has 1 saturated heterocycles. The second-order valence-corrected chi connectivity index (χ2v) is 11.7. The Hall–Kier alpha value is -2.23. The molecule has 1 aromatic heterocycles. The minimum absolute atomic E-state index is 0.0461. The topological polar surface area (TPSA) is 96.0 Å². The molecule has 1 saturated carbocycles. The summed E-state index contributed by atoms with van der Waals surface area (Å²) in [5.41, 5.74) is 4.88. The van der Waals surface area contributed by atoms with E-state index in [2.05, 4.69) is 27.7 Å². The number of ether oxygens (including phenoxy) is 2. The van der Waals surface area contributed by atoms with Crippen LogP contribution in [0.15, 0.2) is 23.4 Å². The Morgan fingerprint density at radius 3 is 2.77 bits per heavy atom. The Kier molecular flexibility index (Phi) is 12.5. The van der Waals surface area contributed by atoms with Gasteiger partial charge < -0.3 is 30.1 Å². The number of aliphatic carboxylic acids is 1. The number of aryl methyl sites for hydroxylation is 2. The van der Waals surface area contributed by atoms with E-state index in [4.69, 9.17) is 14.5 Å². The van der Waals surface area contributed by atoms with Crippen molar-refractivity contribution in [3.8, 4) is 0 Å². The molecule has 3 aliphatic rings. The summed E-state index contributed by atoms with van der Waals surface area (Å²) >= 11 is 0. The molecule has 0 spiro atoms. The Labute approximate surface area is 239 Å². The van der Waals surface area contributed by atoms with E-state index in [1.807, 2.05) is 0 Å². The van der Waals surface area contributed by atoms with E-state index in [0.29, 0.717) is 18.9 Å². The number of hydrogen-bond donors (Lipinski definition) is 3. The average molecular weight is 561 g/mol. The minimum atomic E-state index is -1.10. The molecular weight excluding hydrogens is 511 g/mol. The highest BCUT2D eigenvalue weighted by Crippen LogP contribution is 2.33. The molecule has 2 atom stereocenters. The van der Waals surface area contributed by atoms with Crippen LogP contribution in [0.1, 0.15) is 75.5 Å². The molecule has 0 amide bonds. The van der Waals surface area contributed by atoms with E-state index in [-0.39, 0.29) is 13.2 Å². The standard InChI is InChI=1S/C31H49FN4O4/c1-39-22-26(32)21-36(16-3-2-9-27-11-10-25-8-5-15-33-30(25)34-27)17-12-28(31(37)38)35-29(24-6-4-7-24)20-23-13-18-40-19-14-23/h10-11,23,26,28,35H,2-9,12-22H2,1H3,(H,33,34)(H,37,38). The maximum atomic E-state index is 14.6. The second-order valence-electron chi connectivity index (χ2n) is 11.7. The molecule has 1 aliphatic carbocycles. The van der Waals surface area contributed by atoms with Crippen LogP contribution < -0.4 is 10.6 Å². The lowest BCUT2D eigenvalue weighted by atomic mass is 9.85. The van der Waals surface area contributed by atoms with Gasteiger partial charge in [0, 0.05) is 51.3 Å². The second kappa shape index (κ2) is 16.3. The Balaban J connectivity index is 1.29. The number of carbonyl (C=O) groups is 1. The lowest BCUT2D eigenvalue weighted by molar-refractivity contribution is -0.139. The van der Waals surface area contributed by atoms with Gasteiger partial charge in [-0.15, -0.1) is 0 Å². The summed E-state index contributed by atoms with van der Waals surface area (Å²) in [7, 11) is 1.51. The molecule has 40 heavy (non-hydrogen) atoms. The zero-order valence-corrected chi connectivity index (χ0v) is 24.3. The number of nitrogens with zero attached hydrogens (tertiary/aromatic N) is 2.